The molecule has 0 bridgehead atoms. The number of aryl methyl sites for hydroxylation is 2. The maximum atomic E-state index is 13.6. The molecular weight excluding hydrogens is 679 g/mol. The lowest BCUT2D eigenvalue weighted by Gasteiger charge is -2.15. The summed E-state index contributed by atoms with van der Waals surface area (Å²) in [5.41, 5.74) is 5.76. The number of β-amino-alcohol motifs (C(OH)–C–C–N with tert-alkyl or cyclic N) is 2. The highest BCUT2D eigenvalue weighted by atomic mass is 35.5. The molecule has 0 aliphatic carbocycles. The third-order valence-corrected chi connectivity index (χ3v) is 10.7. The van der Waals surface area contributed by atoms with E-state index in [0.717, 1.165) is 11.4 Å². The first-order valence-electron chi connectivity index (χ1n) is 16.7. The number of nitrogens with one attached hydrogen (secondary N) is 2. The monoisotopic (exact) mass is 714 g/mol. The van der Waals surface area contributed by atoms with Crippen molar-refractivity contribution in [2.45, 2.75) is 64.1 Å². The third kappa shape index (κ3) is 5.75. The summed E-state index contributed by atoms with van der Waals surface area (Å²) in [7, 11) is 0. The highest BCUT2D eigenvalue weighted by molar-refractivity contribution is 6.39. The van der Waals surface area contributed by atoms with Gasteiger partial charge in [-0.3, -0.25) is 9.59 Å². The van der Waals surface area contributed by atoms with Gasteiger partial charge < -0.3 is 30.0 Å². The van der Waals surface area contributed by atoms with E-state index in [-0.39, 0.29) is 23.2 Å². The smallest absolute Gasteiger partial charge is 0.276 e. The lowest BCUT2D eigenvalue weighted by Crippen LogP contribution is -2.34. The second-order valence-corrected chi connectivity index (χ2v) is 14.2. The number of aliphatic hydroxyl groups is 2. The fraction of sp³-hybridized carbons (Fsp3) is 0.333. The van der Waals surface area contributed by atoms with Crippen molar-refractivity contribution in [2.75, 3.05) is 13.1 Å². The molecule has 14 heteroatoms. The molecule has 4 N–H and O–H groups in total. The Labute approximate surface area is 296 Å². The Bertz CT molecular complexity index is 2250. The summed E-state index contributed by atoms with van der Waals surface area (Å²) < 4.78 is 6.61. The summed E-state index contributed by atoms with van der Waals surface area (Å²) in [6.45, 7) is 5.69. The fourth-order valence-electron chi connectivity index (χ4n) is 7.30. The van der Waals surface area contributed by atoms with E-state index in [2.05, 4.69) is 10.6 Å². The van der Waals surface area contributed by atoms with Gasteiger partial charge in [0.2, 0.25) is 0 Å². The van der Waals surface area contributed by atoms with Gasteiger partial charge in [-0.25, -0.2) is 9.03 Å². The molecule has 4 aromatic heterocycles. The van der Waals surface area contributed by atoms with Crippen LogP contribution >= 0.6 is 23.2 Å². The van der Waals surface area contributed by atoms with E-state index in [1.165, 1.54) is 0 Å². The number of fused-ring (bicyclic) bond motifs is 2. The lowest BCUT2D eigenvalue weighted by atomic mass is 9.98. The van der Waals surface area contributed by atoms with E-state index in [1.54, 1.807) is 30.3 Å². The summed E-state index contributed by atoms with van der Waals surface area (Å²) in [6, 6.07) is 14.7. The van der Waals surface area contributed by atoms with Crippen LogP contribution < -0.4 is 21.8 Å². The van der Waals surface area contributed by atoms with Crippen molar-refractivity contribution in [1.29, 1.82) is 0 Å². The zero-order valence-electron chi connectivity index (χ0n) is 27.5. The molecule has 4 atom stereocenters. The summed E-state index contributed by atoms with van der Waals surface area (Å²) in [4.78, 5) is 27.2. The normalized spacial score (nSPS) is 20.8. The zero-order valence-corrected chi connectivity index (χ0v) is 29.0. The number of nitrogens with zero attached hydrogens (tertiary/aromatic N) is 6. The molecule has 8 rings (SSSR count). The van der Waals surface area contributed by atoms with Crippen LogP contribution in [0.1, 0.15) is 24.2 Å². The molecule has 0 amide bonds. The molecule has 12 nitrogen and oxygen atoms in total. The van der Waals surface area contributed by atoms with Crippen molar-refractivity contribution in [3.05, 3.63) is 103 Å². The second kappa shape index (κ2) is 12.8. The summed E-state index contributed by atoms with van der Waals surface area (Å²) in [5.74, 6) is 0. The van der Waals surface area contributed by atoms with Crippen LogP contribution in [0.15, 0.2) is 70.5 Å². The van der Waals surface area contributed by atoms with E-state index in [4.69, 9.17) is 33.4 Å². The van der Waals surface area contributed by atoms with Gasteiger partial charge in [0.25, 0.3) is 11.1 Å². The van der Waals surface area contributed by atoms with E-state index < -0.39 is 12.2 Å². The standard InChI is InChI=1S/C36H36Cl2N8O4/c1-19-15-45-31(35(49)43(19)17-21-9-23(47)13-39-21)11-29(41-45)27-7-3-5-25(33(27)37)26-6-4-8-28(34(26)38)30-12-32-36(50)44(20(2)16-46(32)42-30)18-22-10-24(48)14-40-22/h3-8,11-12,15-16,21-24,39-40,47-48H,9-10,13-14,17-18H2,1-2H3/t21-,22-,23+,24+/m0/s1. The molecule has 2 aliphatic heterocycles. The number of aromatic nitrogens is 6. The van der Waals surface area contributed by atoms with Gasteiger partial charge in [0, 0.05) is 84.3 Å². The van der Waals surface area contributed by atoms with Crippen LogP contribution in [0.5, 0.6) is 0 Å². The molecule has 0 radical (unpaired) electrons. The van der Waals surface area contributed by atoms with Gasteiger partial charge in [-0.2, -0.15) is 10.2 Å². The number of halogens is 2. The first kappa shape index (κ1) is 32.9. The van der Waals surface area contributed by atoms with E-state index in [0.29, 0.717) is 93.7 Å². The SMILES string of the molecule is Cc1cn2nc(-c3cccc(-c4cccc(-c5cc6c(=O)n(C[C@@H]7C[C@@H](O)CN7)c(C)cn6n5)c4Cl)c3Cl)cc2c(=O)n1C[C@@H]1C[C@@H](O)CN1. The van der Waals surface area contributed by atoms with Gasteiger partial charge >= 0.3 is 0 Å². The second-order valence-electron chi connectivity index (χ2n) is 13.4. The van der Waals surface area contributed by atoms with Gasteiger partial charge in [-0.1, -0.05) is 59.6 Å². The van der Waals surface area contributed by atoms with Crippen molar-refractivity contribution in [1.82, 2.24) is 39.0 Å². The van der Waals surface area contributed by atoms with Crippen LogP contribution in [-0.4, -0.2) is 76.0 Å². The average molecular weight is 716 g/mol. The Hall–Kier alpha value is -4.30. The molecule has 2 saturated heterocycles. The predicted molar refractivity (Wildman–Crippen MR) is 193 cm³/mol. The number of aliphatic hydroxyl groups excluding tert-OH is 2. The molecule has 2 aliphatic rings. The van der Waals surface area contributed by atoms with Crippen LogP contribution in [0.2, 0.25) is 10.0 Å². The Morgan fingerprint density at radius 2 is 1.10 bits per heavy atom. The van der Waals surface area contributed by atoms with Gasteiger partial charge in [-0.15, -0.1) is 0 Å². The molecular formula is C36H36Cl2N8O4. The quantitative estimate of drug-likeness (QED) is 0.196. The number of rotatable bonds is 7. The Morgan fingerprint density at radius 1 is 0.700 bits per heavy atom. The van der Waals surface area contributed by atoms with Crippen molar-refractivity contribution in [2.24, 2.45) is 0 Å². The first-order chi connectivity index (χ1) is 24.0. The highest BCUT2D eigenvalue weighted by Gasteiger charge is 2.26. The minimum absolute atomic E-state index is 0.0104. The molecule has 6 heterocycles. The topological polar surface area (TPSA) is 143 Å². The minimum Gasteiger partial charge on any atom is -0.392 e. The maximum Gasteiger partial charge on any atom is 0.276 e. The van der Waals surface area contributed by atoms with Gasteiger partial charge in [0.05, 0.1) is 33.6 Å². The van der Waals surface area contributed by atoms with Gasteiger partial charge in [0.15, 0.2) is 0 Å². The average Bonchev–Trinajstić information content (AvgIpc) is 3.89. The maximum absolute atomic E-state index is 13.6. The van der Waals surface area contributed by atoms with Crippen LogP contribution in [0, 0.1) is 13.8 Å². The van der Waals surface area contributed by atoms with Crippen molar-refractivity contribution < 1.29 is 10.2 Å². The van der Waals surface area contributed by atoms with Crippen molar-refractivity contribution in [3.63, 3.8) is 0 Å². The number of hydrogen-bond acceptors (Lipinski definition) is 8. The Morgan fingerprint density at radius 3 is 1.48 bits per heavy atom. The molecule has 0 unspecified atom stereocenters. The summed E-state index contributed by atoms with van der Waals surface area (Å²) >= 11 is 14.2. The zero-order chi connectivity index (χ0) is 34.8. The minimum atomic E-state index is -0.409. The van der Waals surface area contributed by atoms with E-state index in [1.807, 2.05) is 62.6 Å². The highest BCUT2D eigenvalue weighted by Crippen LogP contribution is 2.42. The van der Waals surface area contributed by atoms with Gasteiger partial charge in [0.1, 0.15) is 11.0 Å². The van der Waals surface area contributed by atoms with Crippen molar-refractivity contribution >= 4 is 34.2 Å². The molecule has 2 fully saturated rings. The van der Waals surface area contributed by atoms with Crippen LogP contribution in [0.4, 0.5) is 0 Å². The lowest BCUT2D eigenvalue weighted by molar-refractivity contribution is 0.191. The Kier molecular flexibility index (Phi) is 8.41. The number of hydrogen-bond donors (Lipinski definition) is 4. The molecule has 6 aromatic rings. The fourth-order valence-corrected chi connectivity index (χ4v) is 7.95. The molecule has 2 aromatic carbocycles. The summed E-state index contributed by atoms with van der Waals surface area (Å²) in [6.07, 6.45) is 4.01. The third-order valence-electron chi connectivity index (χ3n) is 9.91. The number of benzene rings is 2. The first-order valence-corrected chi connectivity index (χ1v) is 17.4. The van der Waals surface area contributed by atoms with Gasteiger partial charge in [-0.05, 0) is 38.8 Å². The molecule has 0 spiro atoms. The van der Waals surface area contributed by atoms with Crippen LogP contribution in [0.3, 0.4) is 0 Å². The van der Waals surface area contributed by atoms with Crippen LogP contribution in [-0.2, 0) is 13.1 Å². The van der Waals surface area contributed by atoms with E-state index in [9.17, 15) is 19.8 Å². The van der Waals surface area contributed by atoms with E-state index >= 15 is 0 Å². The van der Waals surface area contributed by atoms with Crippen LogP contribution in [0.25, 0.3) is 44.7 Å². The largest absolute Gasteiger partial charge is 0.392 e. The van der Waals surface area contributed by atoms with Crippen molar-refractivity contribution in [3.8, 4) is 33.6 Å². The molecule has 0 saturated carbocycles. The Balaban J connectivity index is 1.14. The molecule has 50 heavy (non-hydrogen) atoms. The predicted octanol–water partition coefficient (Wildman–Crippen LogP) is 3.68. The summed E-state index contributed by atoms with van der Waals surface area (Å²) in [5, 5.41) is 36.7. The molecule has 258 valence electrons.